The predicted molar refractivity (Wildman–Crippen MR) is 115 cm³/mol. The van der Waals surface area contributed by atoms with Crippen molar-refractivity contribution in [1.82, 2.24) is 0 Å². The second-order valence-corrected chi connectivity index (χ2v) is 7.04. The molecule has 0 aliphatic heterocycles. The van der Waals surface area contributed by atoms with Crippen LogP contribution in [0.4, 0.5) is 5.69 Å². The smallest absolute Gasteiger partial charge is 0.124 e. The standard InChI is InChI=1S/C24H26N2O/c1-16-14-20(15-17(2)24(16)27-5)23(18-6-10-21(25)11-7-18)19-8-12-22(13-9-19)26(3)4/h6-15,25H,1-5H3. The summed E-state index contributed by atoms with van der Waals surface area (Å²) in [5.41, 5.74) is 8.49. The van der Waals surface area contributed by atoms with Crippen LogP contribution in [-0.4, -0.2) is 26.9 Å². The lowest BCUT2D eigenvalue weighted by Crippen LogP contribution is -2.08. The lowest BCUT2D eigenvalue weighted by molar-refractivity contribution is 0.408. The Labute approximate surface area is 161 Å². The molecule has 0 saturated carbocycles. The van der Waals surface area contributed by atoms with Gasteiger partial charge in [-0.15, -0.1) is 0 Å². The Kier molecular flexibility index (Phi) is 5.31. The highest BCUT2D eigenvalue weighted by Crippen LogP contribution is 2.34. The van der Waals surface area contributed by atoms with Gasteiger partial charge in [0.2, 0.25) is 0 Å². The van der Waals surface area contributed by atoms with Gasteiger partial charge in [-0.3, -0.25) is 0 Å². The monoisotopic (exact) mass is 358 g/mol. The lowest BCUT2D eigenvalue weighted by Gasteiger charge is -2.18. The van der Waals surface area contributed by atoms with Crippen molar-refractivity contribution in [3.05, 3.63) is 88.5 Å². The highest BCUT2D eigenvalue weighted by Gasteiger charge is 2.14. The summed E-state index contributed by atoms with van der Waals surface area (Å²) >= 11 is 0. The molecule has 0 radical (unpaired) electrons. The van der Waals surface area contributed by atoms with Crippen molar-refractivity contribution in [3.63, 3.8) is 0 Å². The molecule has 138 valence electrons. The molecule has 0 amide bonds. The number of allylic oxidation sites excluding steroid dienone is 5. The van der Waals surface area contributed by atoms with Gasteiger partial charge in [-0.1, -0.05) is 24.3 Å². The number of anilines is 1. The van der Waals surface area contributed by atoms with Gasteiger partial charge in [0.1, 0.15) is 5.75 Å². The lowest BCUT2D eigenvalue weighted by atomic mass is 9.89. The topological polar surface area (TPSA) is 36.3 Å². The molecule has 1 aliphatic carbocycles. The fourth-order valence-corrected chi connectivity index (χ4v) is 3.48. The first-order chi connectivity index (χ1) is 12.9. The second-order valence-electron chi connectivity index (χ2n) is 7.04. The maximum absolute atomic E-state index is 7.81. The Morgan fingerprint density at radius 3 is 1.89 bits per heavy atom. The zero-order valence-corrected chi connectivity index (χ0v) is 16.6. The summed E-state index contributed by atoms with van der Waals surface area (Å²) in [5, 5.41) is 7.81. The van der Waals surface area contributed by atoms with Gasteiger partial charge < -0.3 is 15.0 Å². The predicted octanol–water partition coefficient (Wildman–Crippen LogP) is 5.33. The highest BCUT2D eigenvalue weighted by molar-refractivity contribution is 6.05. The zero-order chi connectivity index (χ0) is 19.6. The van der Waals surface area contributed by atoms with Crippen molar-refractivity contribution in [1.29, 1.82) is 5.41 Å². The molecule has 3 heteroatoms. The third kappa shape index (κ3) is 3.87. The summed E-state index contributed by atoms with van der Waals surface area (Å²) in [7, 11) is 5.80. The molecule has 3 rings (SSSR count). The van der Waals surface area contributed by atoms with Crippen LogP contribution in [-0.2, 0) is 0 Å². The van der Waals surface area contributed by atoms with E-state index in [1.165, 1.54) is 5.69 Å². The summed E-state index contributed by atoms with van der Waals surface area (Å²) < 4.78 is 5.54. The summed E-state index contributed by atoms with van der Waals surface area (Å²) in [6, 6.07) is 12.9. The van der Waals surface area contributed by atoms with E-state index in [0.29, 0.717) is 5.71 Å². The van der Waals surface area contributed by atoms with Crippen LogP contribution in [0.2, 0.25) is 0 Å². The molecular formula is C24H26N2O. The van der Waals surface area contributed by atoms with Gasteiger partial charge in [0.05, 0.1) is 12.8 Å². The summed E-state index contributed by atoms with van der Waals surface area (Å²) in [6.45, 7) is 4.16. The van der Waals surface area contributed by atoms with E-state index in [0.717, 1.165) is 39.1 Å². The molecule has 0 spiro atoms. The average molecular weight is 358 g/mol. The van der Waals surface area contributed by atoms with E-state index >= 15 is 0 Å². The van der Waals surface area contributed by atoms with E-state index in [1.807, 2.05) is 38.4 Å². The molecule has 1 aliphatic rings. The van der Waals surface area contributed by atoms with Crippen molar-refractivity contribution >= 4 is 17.0 Å². The van der Waals surface area contributed by atoms with Crippen LogP contribution in [0.5, 0.6) is 5.75 Å². The number of nitrogens with zero attached hydrogens (tertiary/aromatic N) is 1. The molecule has 3 nitrogen and oxygen atoms in total. The summed E-state index contributed by atoms with van der Waals surface area (Å²) in [5.74, 6) is 0.933. The molecule has 0 fully saturated rings. The third-order valence-corrected chi connectivity index (χ3v) is 4.80. The van der Waals surface area contributed by atoms with Gasteiger partial charge in [0.25, 0.3) is 0 Å². The number of ether oxygens (including phenoxy) is 1. The van der Waals surface area contributed by atoms with Gasteiger partial charge in [-0.05, 0) is 83.7 Å². The Hall–Kier alpha value is -3.07. The van der Waals surface area contributed by atoms with Gasteiger partial charge in [-0.2, -0.15) is 0 Å². The number of hydrogen-bond acceptors (Lipinski definition) is 3. The average Bonchev–Trinajstić information content (AvgIpc) is 2.64. The van der Waals surface area contributed by atoms with Gasteiger partial charge in [-0.25, -0.2) is 0 Å². The Balaban J connectivity index is 2.21. The van der Waals surface area contributed by atoms with Crippen molar-refractivity contribution in [2.24, 2.45) is 0 Å². The van der Waals surface area contributed by atoms with E-state index in [9.17, 15) is 0 Å². The van der Waals surface area contributed by atoms with E-state index in [2.05, 4.69) is 55.1 Å². The zero-order valence-electron chi connectivity index (χ0n) is 16.6. The molecule has 0 heterocycles. The molecule has 2 aromatic rings. The quantitative estimate of drug-likeness (QED) is 0.802. The van der Waals surface area contributed by atoms with Crippen LogP contribution in [0.15, 0.2) is 66.3 Å². The SMILES string of the molecule is COc1c(C)cc(C(=C2C=CC(=N)C=C2)c2ccc(N(C)C)cc2)cc1C. The summed E-state index contributed by atoms with van der Waals surface area (Å²) in [6.07, 6.45) is 7.72. The number of aryl methyl sites for hydroxylation is 2. The van der Waals surface area contributed by atoms with Crippen LogP contribution in [0.3, 0.4) is 0 Å². The Bertz CT molecular complexity index is 919. The van der Waals surface area contributed by atoms with Gasteiger partial charge in [0, 0.05) is 19.8 Å². The molecule has 0 atom stereocenters. The number of nitrogens with one attached hydrogen (secondary N) is 1. The number of benzene rings is 2. The molecule has 0 unspecified atom stereocenters. The van der Waals surface area contributed by atoms with Crippen molar-refractivity contribution in [2.45, 2.75) is 13.8 Å². The molecule has 27 heavy (non-hydrogen) atoms. The van der Waals surface area contributed by atoms with Crippen LogP contribution < -0.4 is 9.64 Å². The van der Waals surface area contributed by atoms with E-state index in [1.54, 1.807) is 7.11 Å². The first-order valence-electron chi connectivity index (χ1n) is 9.03. The van der Waals surface area contributed by atoms with Crippen LogP contribution in [0.25, 0.3) is 5.57 Å². The molecule has 0 aromatic heterocycles. The minimum absolute atomic E-state index is 0.517. The molecule has 0 bridgehead atoms. The second kappa shape index (κ2) is 7.67. The van der Waals surface area contributed by atoms with E-state index < -0.39 is 0 Å². The minimum atomic E-state index is 0.517. The first kappa shape index (κ1) is 18.7. The van der Waals surface area contributed by atoms with Gasteiger partial charge >= 0.3 is 0 Å². The van der Waals surface area contributed by atoms with E-state index in [4.69, 9.17) is 10.1 Å². The molecule has 0 saturated heterocycles. The van der Waals surface area contributed by atoms with Crippen LogP contribution in [0.1, 0.15) is 22.3 Å². The first-order valence-corrected chi connectivity index (χ1v) is 9.03. The number of rotatable bonds is 4. The van der Waals surface area contributed by atoms with Crippen LogP contribution in [0, 0.1) is 19.3 Å². The van der Waals surface area contributed by atoms with Crippen molar-refractivity contribution < 1.29 is 4.74 Å². The van der Waals surface area contributed by atoms with E-state index in [-0.39, 0.29) is 0 Å². The maximum Gasteiger partial charge on any atom is 0.124 e. The molecule has 2 aromatic carbocycles. The number of methoxy groups -OCH3 is 1. The fourth-order valence-electron chi connectivity index (χ4n) is 3.48. The van der Waals surface area contributed by atoms with Crippen LogP contribution >= 0.6 is 0 Å². The fraction of sp³-hybridized carbons (Fsp3) is 0.208. The van der Waals surface area contributed by atoms with Gasteiger partial charge in [0.15, 0.2) is 0 Å². The largest absolute Gasteiger partial charge is 0.496 e. The minimum Gasteiger partial charge on any atom is -0.496 e. The highest BCUT2D eigenvalue weighted by atomic mass is 16.5. The molecular weight excluding hydrogens is 332 g/mol. The third-order valence-electron chi connectivity index (χ3n) is 4.80. The number of hydrogen-bond donors (Lipinski definition) is 1. The molecule has 1 N–H and O–H groups in total. The Morgan fingerprint density at radius 2 is 1.41 bits per heavy atom. The van der Waals surface area contributed by atoms with Crippen molar-refractivity contribution in [2.75, 3.05) is 26.1 Å². The maximum atomic E-state index is 7.81. The summed E-state index contributed by atoms with van der Waals surface area (Å²) in [4.78, 5) is 2.10. The Morgan fingerprint density at radius 1 is 0.852 bits per heavy atom. The van der Waals surface area contributed by atoms with Crippen molar-refractivity contribution in [3.8, 4) is 5.75 Å². The normalized spacial score (nSPS) is 13.1.